The average molecular weight is 272 g/mol. The second kappa shape index (κ2) is 5.38. The van der Waals surface area contributed by atoms with Gasteiger partial charge in [-0.25, -0.2) is 4.79 Å². The molecule has 1 saturated heterocycles. The van der Waals surface area contributed by atoms with E-state index in [4.69, 9.17) is 10.2 Å². The van der Waals surface area contributed by atoms with Crippen molar-refractivity contribution in [2.75, 3.05) is 13.1 Å². The molecule has 0 saturated carbocycles. The van der Waals surface area contributed by atoms with Crippen molar-refractivity contribution in [3.8, 4) is 0 Å². The quantitative estimate of drug-likeness (QED) is 0.868. The van der Waals surface area contributed by atoms with E-state index in [1.54, 1.807) is 6.07 Å². The van der Waals surface area contributed by atoms with E-state index in [1.165, 1.54) is 6.42 Å². The van der Waals surface area contributed by atoms with E-state index in [2.05, 4.69) is 11.0 Å². The molecule has 1 unspecified atom stereocenters. The molecule has 106 valence electrons. The van der Waals surface area contributed by atoms with Crippen molar-refractivity contribution in [3.05, 3.63) is 45.8 Å². The molecule has 1 aliphatic rings. The number of aryl methyl sites for hydroxylation is 1. The van der Waals surface area contributed by atoms with Crippen LogP contribution in [0, 0.1) is 6.92 Å². The number of nitrogens with two attached hydrogens (primary N) is 1. The van der Waals surface area contributed by atoms with Gasteiger partial charge in [-0.05, 0) is 43.5 Å². The van der Waals surface area contributed by atoms with Gasteiger partial charge in [0.25, 0.3) is 0 Å². The van der Waals surface area contributed by atoms with Gasteiger partial charge >= 0.3 is 5.63 Å². The van der Waals surface area contributed by atoms with Crippen LogP contribution in [-0.2, 0) is 6.54 Å². The third-order valence-electron chi connectivity index (χ3n) is 4.13. The summed E-state index contributed by atoms with van der Waals surface area (Å²) in [6, 6.07) is 8.06. The molecule has 4 nitrogen and oxygen atoms in total. The minimum atomic E-state index is -0.276. The van der Waals surface area contributed by atoms with E-state index >= 15 is 0 Å². The summed E-state index contributed by atoms with van der Waals surface area (Å²) in [4.78, 5) is 14.1. The van der Waals surface area contributed by atoms with Gasteiger partial charge in [0, 0.05) is 30.6 Å². The maximum Gasteiger partial charge on any atom is 0.336 e. The zero-order valence-electron chi connectivity index (χ0n) is 11.8. The third-order valence-corrected chi connectivity index (χ3v) is 4.13. The second-order valence-electron chi connectivity index (χ2n) is 5.59. The minimum Gasteiger partial charge on any atom is -0.423 e. The molecule has 0 spiro atoms. The lowest BCUT2D eigenvalue weighted by atomic mass is 10.1. The fraction of sp³-hybridized carbons (Fsp3) is 0.438. The maximum atomic E-state index is 11.7. The Morgan fingerprint density at radius 1 is 1.40 bits per heavy atom. The van der Waals surface area contributed by atoms with Gasteiger partial charge in [0.05, 0.1) is 0 Å². The lowest BCUT2D eigenvalue weighted by molar-refractivity contribution is 0.250. The Morgan fingerprint density at radius 2 is 2.25 bits per heavy atom. The van der Waals surface area contributed by atoms with Gasteiger partial charge in [0.15, 0.2) is 0 Å². The minimum absolute atomic E-state index is 0.276. The fourth-order valence-electron chi connectivity index (χ4n) is 3.06. The molecule has 1 aliphatic heterocycles. The molecule has 1 aromatic carbocycles. The molecule has 3 rings (SSSR count). The molecule has 1 aromatic heterocycles. The summed E-state index contributed by atoms with van der Waals surface area (Å²) in [5, 5.41) is 1.03. The lowest BCUT2D eigenvalue weighted by Gasteiger charge is -2.23. The first-order chi connectivity index (χ1) is 9.67. The highest BCUT2D eigenvalue weighted by atomic mass is 16.4. The summed E-state index contributed by atoms with van der Waals surface area (Å²) >= 11 is 0. The van der Waals surface area contributed by atoms with Crippen LogP contribution in [0.4, 0.5) is 0 Å². The predicted molar refractivity (Wildman–Crippen MR) is 79.7 cm³/mol. The molecule has 2 aromatic rings. The van der Waals surface area contributed by atoms with Gasteiger partial charge in [-0.15, -0.1) is 0 Å². The Hall–Kier alpha value is -1.65. The molecule has 2 heterocycles. The van der Waals surface area contributed by atoms with Crippen molar-refractivity contribution < 1.29 is 4.42 Å². The van der Waals surface area contributed by atoms with Crippen LogP contribution in [0.2, 0.25) is 0 Å². The van der Waals surface area contributed by atoms with Crippen molar-refractivity contribution in [1.82, 2.24) is 4.90 Å². The Balaban J connectivity index is 2.00. The van der Waals surface area contributed by atoms with Gasteiger partial charge in [-0.3, -0.25) is 4.90 Å². The van der Waals surface area contributed by atoms with Crippen LogP contribution in [0.25, 0.3) is 11.0 Å². The van der Waals surface area contributed by atoms with Crippen LogP contribution in [-0.4, -0.2) is 24.0 Å². The van der Waals surface area contributed by atoms with Crippen molar-refractivity contribution in [2.24, 2.45) is 5.73 Å². The normalized spacial score (nSPS) is 19.8. The standard InChI is InChI=1S/C16H20N2O2/c1-11-4-5-14-12(8-16(19)20-15(14)7-11)10-18-6-2-3-13(18)9-17/h4-5,7-8,13H,2-3,6,9-10,17H2,1H3. The molecule has 0 amide bonds. The average Bonchev–Trinajstić information content (AvgIpc) is 2.85. The van der Waals surface area contributed by atoms with Crippen LogP contribution < -0.4 is 11.4 Å². The summed E-state index contributed by atoms with van der Waals surface area (Å²) in [6.07, 6.45) is 2.33. The molecule has 0 radical (unpaired) electrons. The van der Waals surface area contributed by atoms with Crippen LogP contribution in [0.1, 0.15) is 24.0 Å². The molecule has 0 bridgehead atoms. The summed E-state index contributed by atoms with van der Waals surface area (Å²) in [5.41, 5.74) is 8.35. The largest absolute Gasteiger partial charge is 0.423 e. The number of hydrogen-bond donors (Lipinski definition) is 1. The molecule has 20 heavy (non-hydrogen) atoms. The summed E-state index contributed by atoms with van der Waals surface area (Å²) in [6.45, 7) is 4.50. The van der Waals surface area contributed by atoms with Gasteiger partial charge < -0.3 is 10.2 Å². The van der Waals surface area contributed by atoms with E-state index < -0.39 is 0 Å². The lowest BCUT2D eigenvalue weighted by Crippen LogP contribution is -2.35. The van der Waals surface area contributed by atoms with Crippen molar-refractivity contribution in [2.45, 2.75) is 32.4 Å². The van der Waals surface area contributed by atoms with E-state index in [0.717, 1.165) is 36.0 Å². The zero-order valence-corrected chi connectivity index (χ0v) is 11.8. The van der Waals surface area contributed by atoms with E-state index in [9.17, 15) is 4.79 Å². The highest BCUT2D eigenvalue weighted by molar-refractivity contribution is 5.80. The van der Waals surface area contributed by atoms with Crippen LogP contribution in [0.5, 0.6) is 0 Å². The number of rotatable bonds is 3. The SMILES string of the molecule is Cc1ccc2c(CN3CCCC3CN)cc(=O)oc2c1. The maximum absolute atomic E-state index is 11.7. The number of hydrogen-bond acceptors (Lipinski definition) is 4. The smallest absolute Gasteiger partial charge is 0.336 e. The van der Waals surface area contributed by atoms with Crippen molar-refractivity contribution in [1.29, 1.82) is 0 Å². The Morgan fingerprint density at radius 3 is 3.05 bits per heavy atom. The first-order valence-electron chi connectivity index (χ1n) is 7.15. The van der Waals surface area contributed by atoms with Gasteiger partial charge in [0.1, 0.15) is 5.58 Å². The third kappa shape index (κ3) is 2.49. The monoisotopic (exact) mass is 272 g/mol. The molecule has 1 fully saturated rings. The summed E-state index contributed by atoms with van der Waals surface area (Å²) in [7, 11) is 0. The van der Waals surface area contributed by atoms with Gasteiger partial charge in [-0.1, -0.05) is 12.1 Å². The molecular formula is C16H20N2O2. The van der Waals surface area contributed by atoms with Crippen LogP contribution in [0.3, 0.4) is 0 Å². The van der Waals surface area contributed by atoms with Crippen LogP contribution >= 0.6 is 0 Å². The van der Waals surface area contributed by atoms with Gasteiger partial charge in [0.2, 0.25) is 0 Å². The number of fused-ring (bicyclic) bond motifs is 1. The molecule has 4 heteroatoms. The van der Waals surface area contributed by atoms with Crippen molar-refractivity contribution >= 4 is 11.0 Å². The highest BCUT2D eigenvalue weighted by Gasteiger charge is 2.23. The Kier molecular flexibility index (Phi) is 3.59. The van der Waals surface area contributed by atoms with Gasteiger partial charge in [-0.2, -0.15) is 0 Å². The second-order valence-corrected chi connectivity index (χ2v) is 5.59. The highest BCUT2D eigenvalue weighted by Crippen LogP contribution is 2.23. The molecular weight excluding hydrogens is 252 g/mol. The van der Waals surface area contributed by atoms with Crippen LogP contribution in [0.15, 0.2) is 33.5 Å². The first-order valence-corrected chi connectivity index (χ1v) is 7.15. The molecule has 1 atom stereocenters. The van der Waals surface area contributed by atoms with E-state index in [1.807, 2.05) is 19.1 Å². The first kappa shape index (κ1) is 13.3. The zero-order chi connectivity index (χ0) is 14.1. The topological polar surface area (TPSA) is 59.5 Å². The Labute approximate surface area is 118 Å². The number of likely N-dealkylation sites (tertiary alicyclic amines) is 1. The summed E-state index contributed by atoms with van der Waals surface area (Å²) < 4.78 is 5.30. The van der Waals surface area contributed by atoms with E-state index in [-0.39, 0.29) is 5.63 Å². The molecule has 2 N–H and O–H groups in total. The van der Waals surface area contributed by atoms with Crippen molar-refractivity contribution in [3.63, 3.8) is 0 Å². The number of nitrogens with zero attached hydrogens (tertiary/aromatic N) is 1. The predicted octanol–water partition coefficient (Wildman–Crippen LogP) is 2.02. The number of benzene rings is 1. The Bertz CT molecular complexity index is 678. The fourth-order valence-corrected chi connectivity index (χ4v) is 3.06. The molecule has 0 aliphatic carbocycles. The summed E-state index contributed by atoms with van der Waals surface area (Å²) in [5.74, 6) is 0. The van der Waals surface area contributed by atoms with E-state index in [0.29, 0.717) is 18.2 Å².